The first-order valence-corrected chi connectivity index (χ1v) is 7.09. The molecule has 0 aliphatic heterocycles. The Hall–Kier alpha value is -1.61. The third-order valence-electron chi connectivity index (χ3n) is 3.14. The molecule has 3 heteroatoms. The van der Waals surface area contributed by atoms with Crippen molar-refractivity contribution in [2.75, 3.05) is 6.61 Å². The number of ether oxygens (including phenoxy) is 1. The summed E-state index contributed by atoms with van der Waals surface area (Å²) in [6.07, 6.45) is 0. The normalized spacial score (nSPS) is 10.5. The fourth-order valence-corrected chi connectivity index (χ4v) is 2.74. The van der Waals surface area contributed by atoms with Gasteiger partial charge in [0, 0.05) is 4.88 Å². The summed E-state index contributed by atoms with van der Waals surface area (Å²) < 4.78 is 5.68. The maximum Gasteiger partial charge on any atom is 0.210 e. The van der Waals surface area contributed by atoms with Gasteiger partial charge in [0.25, 0.3) is 0 Å². The van der Waals surface area contributed by atoms with Gasteiger partial charge in [0.05, 0.1) is 4.88 Å². The van der Waals surface area contributed by atoms with E-state index in [0.29, 0.717) is 0 Å². The van der Waals surface area contributed by atoms with Crippen LogP contribution in [-0.2, 0) is 0 Å². The highest BCUT2D eigenvalue weighted by atomic mass is 32.1. The molecule has 0 saturated heterocycles. The number of ketones is 1. The minimum Gasteiger partial charge on any atom is -0.485 e. The molecule has 0 N–H and O–H groups in total. The van der Waals surface area contributed by atoms with Crippen molar-refractivity contribution in [1.82, 2.24) is 0 Å². The summed E-state index contributed by atoms with van der Waals surface area (Å²) in [5, 5.41) is 0. The smallest absolute Gasteiger partial charge is 0.210 e. The molecule has 0 radical (unpaired) electrons. The number of carbonyl (C=O) groups is 1. The number of carbonyl (C=O) groups excluding carboxylic acids is 1. The maximum atomic E-state index is 12.0. The van der Waals surface area contributed by atoms with Crippen LogP contribution in [0.3, 0.4) is 0 Å². The average Bonchev–Trinajstić information content (AvgIpc) is 2.78. The van der Waals surface area contributed by atoms with Gasteiger partial charge in [0.2, 0.25) is 5.78 Å². The van der Waals surface area contributed by atoms with Crippen LogP contribution in [0.4, 0.5) is 0 Å². The predicted octanol–water partition coefficient (Wildman–Crippen LogP) is 4.24. The highest BCUT2D eigenvalue weighted by Crippen LogP contribution is 2.24. The van der Waals surface area contributed by atoms with Crippen LogP contribution in [0.15, 0.2) is 24.3 Å². The highest BCUT2D eigenvalue weighted by Gasteiger charge is 2.11. The Balaban J connectivity index is 2.09. The molecule has 0 fully saturated rings. The van der Waals surface area contributed by atoms with Crippen LogP contribution in [0, 0.1) is 27.7 Å². The summed E-state index contributed by atoms with van der Waals surface area (Å²) in [6.45, 7) is 8.20. The zero-order chi connectivity index (χ0) is 14.0. The molecule has 1 heterocycles. The summed E-state index contributed by atoms with van der Waals surface area (Å²) in [4.78, 5) is 13.9. The van der Waals surface area contributed by atoms with Gasteiger partial charge in [-0.3, -0.25) is 4.79 Å². The third-order valence-corrected chi connectivity index (χ3v) is 4.18. The molecule has 0 atom stereocenters. The fourth-order valence-electron chi connectivity index (χ4n) is 1.95. The van der Waals surface area contributed by atoms with Gasteiger partial charge in [-0.25, -0.2) is 0 Å². The Morgan fingerprint density at radius 1 is 1.16 bits per heavy atom. The Bertz CT molecular complexity index is 611. The van der Waals surface area contributed by atoms with Crippen molar-refractivity contribution < 1.29 is 9.53 Å². The van der Waals surface area contributed by atoms with Crippen molar-refractivity contribution >= 4 is 17.1 Å². The van der Waals surface area contributed by atoms with Crippen molar-refractivity contribution in [3.63, 3.8) is 0 Å². The van der Waals surface area contributed by atoms with E-state index in [4.69, 9.17) is 4.74 Å². The summed E-state index contributed by atoms with van der Waals surface area (Å²) in [5.41, 5.74) is 3.44. The first-order valence-electron chi connectivity index (χ1n) is 6.27. The van der Waals surface area contributed by atoms with E-state index in [1.807, 2.05) is 39.0 Å². The van der Waals surface area contributed by atoms with Crippen molar-refractivity contribution in [2.45, 2.75) is 27.7 Å². The number of thiophene rings is 1. The molecule has 0 spiro atoms. The number of hydrogen-bond donors (Lipinski definition) is 0. The first-order chi connectivity index (χ1) is 8.97. The lowest BCUT2D eigenvalue weighted by molar-refractivity contribution is 0.0925. The molecule has 1 aromatic carbocycles. The Kier molecular flexibility index (Phi) is 4.05. The number of aryl methyl sites for hydroxylation is 3. The van der Waals surface area contributed by atoms with E-state index in [2.05, 4.69) is 13.0 Å². The second-order valence-electron chi connectivity index (χ2n) is 4.83. The minimum absolute atomic E-state index is 0.0386. The lowest BCUT2D eigenvalue weighted by Crippen LogP contribution is -2.11. The van der Waals surface area contributed by atoms with Gasteiger partial charge in [0.15, 0.2) is 6.61 Å². The second-order valence-corrected chi connectivity index (χ2v) is 6.12. The third kappa shape index (κ3) is 3.24. The van der Waals surface area contributed by atoms with E-state index in [1.54, 1.807) is 0 Å². The SMILES string of the molecule is Cc1cc(C)c(C)c(OCC(=O)c2ccc(C)s2)c1. The van der Waals surface area contributed by atoms with E-state index in [1.165, 1.54) is 16.9 Å². The molecule has 1 aromatic heterocycles. The Morgan fingerprint density at radius 2 is 1.89 bits per heavy atom. The Morgan fingerprint density at radius 3 is 2.53 bits per heavy atom. The summed E-state index contributed by atoms with van der Waals surface area (Å²) in [5.74, 6) is 0.843. The van der Waals surface area contributed by atoms with Crippen LogP contribution in [0.5, 0.6) is 5.75 Å². The van der Waals surface area contributed by atoms with E-state index < -0.39 is 0 Å². The van der Waals surface area contributed by atoms with Gasteiger partial charge in [0.1, 0.15) is 5.75 Å². The maximum absolute atomic E-state index is 12.0. The van der Waals surface area contributed by atoms with Gasteiger partial charge in [-0.1, -0.05) is 6.07 Å². The molecule has 2 aromatic rings. The van der Waals surface area contributed by atoms with Crippen LogP contribution in [0.25, 0.3) is 0 Å². The Labute approximate surface area is 118 Å². The number of benzene rings is 1. The topological polar surface area (TPSA) is 26.3 Å². The van der Waals surface area contributed by atoms with E-state index in [9.17, 15) is 4.79 Å². The average molecular weight is 274 g/mol. The zero-order valence-corrected chi connectivity index (χ0v) is 12.6. The molecule has 2 nitrogen and oxygen atoms in total. The molecule has 0 aliphatic rings. The largest absolute Gasteiger partial charge is 0.485 e. The highest BCUT2D eigenvalue weighted by molar-refractivity contribution is 7.14. The first kappa shape index (κ1) is 13.8. The van der Waals surface area contributed by atoms with Crippen LogP contribution in [0.2, 0.25) is 0 Å². The van der Waals surface area contributed by atoms with Gasteiger partial charge in [-0.05, 0) is 62.6 Å². The number of Topliss-reactive ketones (excluding diaryl/α,β-unsaturated/α-hetero) is 1. The van der Waals surface area contributed by atoms with Crippen LogP contribution < -0.4 is 4.74 Å². The molecule has 100 valence electrons. The fraction of sp³-hybridized carbons (Fsp3) is 0.312. The molecule has 0 aliphatic carbocycles. The lowest BCUT2D eigenvalue weighted by Gasteiger charge is -2.11. The van der Waals surface area contributed by atoms with Crippen LogP contribution >= 0.6 is 11.3 Å². The van der Waals surface area contributed by atoms with E-state index in [-0.39, 0.29) is 12.4 Å². The van der Waals surface area contributed by atoms with Crippen molar-refractivity contribution in [3.05, 3.63) is 50.7 Å². The van der Waals surface area contributed by atoms with Crippen molar-refractivity contribution in [3.8, 4) is 5.75 Å². The van der Waals surface area contributed by atoms with E-state index in [0.717, 1.165) is 26.6 Å². The van der Waals surface area contributed by atoms with Gasteiger partial charge in [-0.2, -0.15) is 0 Å². The summed E-state index contributed by atoms with van der Waals surface area (Å²) >= 11 is 1.51. The molecule has 0 unspecified atom stereocenters. The van der Waals surface area contributed by atoms with Crippen LogP contribution in [-0.4, -0.2) is 12.4 Å². The molecule has 19 heavy (non-hydrogen) atoms. The molecule has 0 amide bonds. The van der Waals surface area contributed by atoms with Gasteiger partial charge < -0.3 is 4.74 Å². The van der Waals surface area contributed by atoms with Gasteiger partial charge >= 0.3 is 0 Å². The van der Waals surface area contributed by atoms with Crippen molar-refractivity contribution in [1.29, 1.82) is 0 Å². The summed E-state index contributed by atoms with van der Waals surface area (Å²) in [6, 6.07) is 7.92. The molecular formula is C16H18O2S. The standard InChI is InChI=1S/C16H18O2S/c1-10-7-11(2)13(4)15(8-10)18-9-14(17)16-6-5-12(3)19-16/h5-8H,9H2,1-4H3. The lowest BCUT2D eigenvalue weighted by atomic mass is 10.1. The predicted molar refractivity (Wildman–Crippen MR) is 79.5 cm³/mol. The number of hydrogen-bond acceptors (Lipinski definition) is 3. The van der Waals surface area contributed by atoms with E-state index >= 15 is 0 Å². The van der Waals surface area contributed by atoms with Crippen LogP contribution in [0.1, 0.15) is 31.2 Å². The quantitative estimate of drug-likeness (QED) is 0.779. The zero-order valence-electron chi connectivity index (χ0n) is 11.7. The summed E-state index contributed by atoms with van der Waals surface area (Å²) in [7, 11) is 0. The van der Waals surface area contributed by atoms with Crippen molar-refractivity contribution in [2.24, 2.45) is 0 Å². The number of rotatable bonds is 4. The molecule has 0 bridgehead atoms. The molecule has 2 rings (SSSR count). The monoisotopic (exact) mass is 274 g/mol. The minimum atomic E-state index is 0.0386. The second kappa shape index (κ2) is 5.57. The molecule has 0 saturated carbocycles. The van der Waals surface area contributed by atoms with Gasteiger partial charge in [-0.15, -0.1) is 11.3 Å². The molecular weight excluding hydrogens is 256 g/mol.